The van der Waals surface area contributed by atoms with E-state index in [2.05, 4.69) is 31.1 Å². The number of anilines is 1. The summed E-state index contributed by atoms with van der Waals surface area (Å²) < 4.78 is 6.36. The van der Waals surface area contributed by atoms with Gasteiger partial charge < -0.3 is 10.1 Å². The van der Waals surface area contributed by atoms with Gasteiger partial charge in [-0.15, -0.1) is 11.3 Å². The third-order valence-electron chi connectivity index (χ3n) is 3.66. The zero-order chi connectivity index (χ0) is 16.2. The molecule has 7 heteroatoms. The fourth-order valence-corrected chi connectivity index (χ4v) is 3.42. The molecular weight excluding hydrogens is 378 g/mol. The zero-order valence-electron chi connectivity index (χ0n) is 12.8. The van der Waals surface area contributed by atoms with Crippen LogP contribution in [-0.4, -0.2) is 42.1 Å². The van der Waals surface area contributed by atoms with Gasteiger partial charge in [-0.05, 0) is 30.7 Å². The van der Waals surface area contributed by atoms with E-state index in [4.69, 9.17) is 4.74 Å². The highest BCUT2D eigenvalue weighted by Crippen LogP contribution is 2.21. The number of morpholine rings is 1. The van der Waals surface area contributed by atoms with Gasteiger partial charge in [-0.1, -0.05) is 15.9 Å². The Labute approximate surface area is 147 Å². The van der Waals surface area contributed by atoms with Crippen LogP contribution in [0.25, 0.3) is 0 Å². The number of aromatic nitrogens is 1. The number of amides is 1. The summed E-state index contributed by atoms with van der Waals surface area (Å²) in [4.78, 5) is 19.1. The van der Waals surface area contributed by atoms with E-state index in [0.717, 1.165) is 53.6 Å². The Balaban J connectivity index is 1.62. The first-order valence-electron chi connectivity index (χ1n) is 7.44. The average Bonchev–Trinajstić information content (AvgIpc) is 3.00. The molecule has 122 valence electrons. The van der Waals surface area contributed by atoms with Crippen LogP contribution in [0.4, 0.5) is 5.69 Å². The van der Waals surface area contributed by atoms with Gasteiger partial charge in [0.1, 0.15) is 10.7 Å². The summed E-state index contributed by atoms with van der Waals surface area (Å²) in [6.45, 7) is 6.13. The molecule has 1 fully saturated rings. The summed E-state index contributed by atoms with van der Waals surface area (Å²) in [5, 5.41) is 5.67. The molecule has 1 aromatic heterocycles. The Hall–Kier alpha value is -1.28. The van der Waals surface area contributed by atoms with E-state index in [-0.39, 0.29) is 5.91 Å². The molecule has 1 aromatic carbocycles. The predicted molar refractivity (Wildman–Crippen MR) is 95.0 cm³/mol. The number of thiazole rings is 1. The summed E-state index contributed by atoms with van der Waals surface area (Å²) in [5.74, 6) is -0.170. The maximum Gasteiger partial charge on any atom is 0.275 e. The van der Waals surface area contributed by atoms with Crippen LogP contribution in [0.2, 0.25) is 0 Å². The first-order chi connectivity index (χ1) is 11.1. The smallest absolute Gasteiger partial charge is 0.275 e. The van der Waals surface area contributed by atoms with Gasteiger partial charge in [-0.2, -0.15) is 0 Å². The molecule has 5 nitrogen and oxygen atoms in total. The lowest BCUT2D eigenvalue weighted by atomic mass is 10.2. The molecule has 2 heterocycles. The quantitative estimate of drug-likeness (QED) is 0.862. The summed E-state index contributed by atoms with van der Waals surface area (Å²) in [6.07, 6.45) is 0. The van der Waals surface area contributed by atoms with Crippen molar-refractivity contribution in [3.8, 4) is 0 Å². The first kappa shape index (κ1) is 16.6. The second-order valence-electron chi connectivity index (χ2n) is 5.43. The maximum atomic E-state index is 12.3. The zero-order valence-corrected chi connectivity index (χ0v) is 15.2. The fourth-order valence-electron chi connectivity index (χ4n) is 2.36. The molecule has 0 spiro atoms. The number of rotatable bonds is 4. The first-order valence-corrected chi connectivity index (χ1v) is 9.11. The number of nitrogens with one attached hydrogen (secondary N) is 1. The van der Waals surface area contributed by atoms with E-state index in [0.29, 0.717) is 5.69 Å². The van der Waals surface area contributed by atoms with Crippen molar-refractivity contribution in [2.45, 2.75) is 13.5 Å². The number of hydrogen-bond acceptors (Lipinski definition) is 5. The van der Waals surface area contributed by atoms with E-state index >= 15 is 0 Å². The van der Waals surface area contributed by atoms with E-state index < -0.39 is 0 Å². The van der Waals surface area contributed by atoms with Gasteiger partial charge in [0.2, 0.25) is 0 Å². The molecule has 1 saturated heterocycles. The Kier molecular flexibility index (Phi) is 5.42. The highest BCUT2D eigenvalue weighted by Gasteiger charge is 2.15. The number of aryl methyl sites for hydroxylation is 1. The van der Waals surface area contributed by atoms with Crippen LogP contribution < -0.4 is 5.32 Å². The van der Waals surface area contributed by atoms with Gasteiger partial charge in [0.05, 0.1) is 19.8 Å². The minimum atomic E-state index is -0.170. The van der Waals surface area contributed by atoms with Crippen LogP contribution in [-0.2, 0) is 11.3 Å². The van der Waals surface area contributed by atoms with Crippen molar-refractivity contribution in [2.75, 3.05) is 31.6 Å². The lowest BCUT2D eigenvalue weighted by Crippen LogP contribution is -2.35. The highest BCUT2D eigenvalue weighted by molar-refractivity contribution is 9.10. The van der Waals surface area contributed by atoms with Crippen LogP contribution in [0.5, 0.6) is 0 Å². The van der Waals surface area contributed by atoms with Crippen LogP contribution in [0.15, 0.2) is 28.1 Å². The van der Waals surface area contributed by atoms with Gasteiger partial charge in [-0.25, -0.2) is 4.98 Å². The molecule has 0 radical (unpaired) electrons. The lowest BCUT2D eigenvalue weighted by Gasteiger charge is -2.25. The fraction of sp³-hybridized carbons (Fsp3) is 0.375. The molecule has 0 atom stereocenters. The topological polar surface area (TPSA) is 54.5 Å². The number of halogens is 1. The van der Waals surface area contributed by atoms with Crippen molar-refractivity contribution in [2.24, 2.45) is 0 Å². The normalized spacial score (nSPS) is 15.6. The molecule has 1 aliphatic heterocycles. The van der Waals surface area contributed by atoms with Crippen LogP contribution in [0.1, 0.15) is 21.1 Å². The summed E-state index contributed by atoms with van der Waals surface area (Å²) in [5.41, 5.74) is 2.33. The standard InChI is InChI=1S/C16H18BrN3O2S/c1-11-8-12(2-3-13(11)17)18-16(21)14-10-23-15(19-14)9-20-4-6-22-7-5-20/h2-3,8,10H,4-7,9H2,1H3,(H,18,21). The SMILES string of the molecule is Cc1cc(NC(=O)c2csc(CN3CCOCC3)n2)ccc1Br. The number of carbonyl (C=O) groups is 1. The summed E-state index contributed by atoms with van der Waals surface area (Å²) in [7, 11) is 0. The molecule has 1 amide bonds. The second-order valence-corrected chi connectivity index (χ2v) is 7.23. The largest absolute Gasteiger partial charge is 0.379 e. The van der Waals surface area contributed by atoms with Crippen molar-refractivity contribution in [1.29, 1.82) is 0 Å². The molecule has 0 saturated carbocycles. The molecular formula is C16H18BrN3O2S. The number of nitrogens with zero attached hydrogens (tertiary/aromatic N) is 2. The van der Waals surface area contributed by atoms with E-state index in [1.807, 2.05) is 30.5 Å². The predicted octanol–water partition coefficient (Wildman–Crippen LogP) is 3.30. The molecule has 3 rings (SSSR count). The van der Waals surface area contributed by atoms with E-state index in [1.54, 1.807) is 0 Å². The molecule has 0 aliphatic carbocycles. The molecule has 0 bridgehead atoms. The minimum Gasteiger partial charge on any atom is -0.379 e. The number of carbonyl (C=O) groups excluding carboxylic acids is 1. The van der Waals surface area contributed by atoms with Crippen LogP contribution in [0.3, 0.4) is 0 Å². The number of hydrogen-bond donors (Lipinski definition) is 1. The number of ether oxygens (including phenoxy) is 1. The molecule has 23 heavy (non-hydrogen) atoms. The maximum absolute atomic E-state index is 12.3. The summed E-state index contributed by atoms with van der Waals surface area (Å²) >= 11 is 4.98. The van der Waals surface area contributed by atoms with E-state index in [9.17, 15) is 4.79 Å². The third-order valence-corrected chi connectivity index (χ3v) is 5.39. The molecule has 1 N–H and O–H groups in total. The Morgan fingerprint density at radius 2 is 2.22 bits per heavy atom. The van der Waals surface area contributed by atoms with Crippen molar-refractivity contribution >= 4 is 38.9 Å². The average molecular weight is 396 g/mol. The Morgan fingerprint density at radius 1 is 1.43 bits per heavy atom. The van der Waals surface area contributed by atoms with Crippen molar-refractivity contribution in [1.82, 2.24) is 9.88 Å². The van der Waals surface area contributed by atoms with Crippen molar-refractivity contribution in [3.05, 3.63) is 44.3 Å². The second kappa shape index (κ2) is 7.53. The Bertz CT molecular complexity index is 698. The van der Waals surface area contributed by atoms with Crippen LogP contribution in [0, 0.1) is 6.92 Å². The van der Waals surface area contributed by atoms with Crippen LogP contribution >= 0.6 is 27.3 Å². The van der Waals surface area contributed by atoms with Gasteiger partial charge in [0.25, 0.3) is 5.91 Å². The molecule has 1 aliphatic rings. The molecule has 0 unspecified atom stereocenters. The monoisotopic (exact) mass is 395 g/mol. The minimum absolute atomic E-state index is 0.170. The van der Waals surface area contributed by atoms with Crippen molar-refractivity contribution in [3.63, 3.8) is 0 Å². The summed E-state index contributed by atoms with van der Waals surface area (Å²) in [6, 6.07) is 5.73. The van der Waals surface area contributed by atoms with E-state index in [1.165, 1.54) is 11.3 Å². The number of benzene rings is 1. The lowest BCUT2D eigenvalue weighted by molar-refractivity contribution is 0.0341. The Morgan fingerprint density at radius 3 is 2.96 bits per heavy atom. The highest BCUT2D eigenvalue weighted by atomic mass is 79.9. The molecule has 2 aromatic rings. The van der Waals surface area contributed by atoms with Gasteiger partial charge >= 0.3 is 0 Å². The van der Waals surface area contributed by atoms with Gasteiger partial charge in [-0.3, -0.25) is 9.69 Å². The van der Waals surface area contributed by atoms with Gasteiger partial charge in [0, 0.05) is 28.6 Å². The van der Waals surface area contributed by atoms with Gasteiger partial charge in [0.15, 0.2) is 0 Å². The van der Waals surface area contributed by atoms with Crippen molar-refractivity contribution < 1.29 is 9.53 Å². The third kappa shape index (κ3) is 4.38.